The molecule has 0 heterocycles. The standard InChI is InChI=1S/C12H15F3N2O/c13-12(14,15)11(18)17(9-7-16)8-6-10-4-2-1-3-5-10/h1-5H,6-9,16H2. The van der Waals surface area contributed by atoms with Crippen molar-refractivity contribution in [1.29, 1.82) is 0 Å². The lowest BCUT2D eigenvalue weighted by Gasteiger charge is -2.23. The Hall–Kier alpha value is -1.56. The number of nitrogens with two attached hydrogens (primary N) is 1. The molecule has 0 spiro atoms. The summed E-state index contributed by atoms with van der Waals surface area (Å²) in [4.78, 5) is 11.9. The van der Waals surface area contributed by atoms with E-state index in [1.54, 1.807) is 24.3 Å². The van der Waals surface area contributed by atoms with Crippen LogP contribution >= 0.6 is 0 Å². The highest BCUT2D eigenvalue weighted by atomic mass is 19.4. The zero-order valence-electron chi connectivity index (χ0n) is 9.78. The molecule has 0 saturated heterocycles. The van der Waals surface area contributed by atoms with Crippen LogP contribution in [-0.4, -0.2) is 36.6 Å². The minimum Gasteiger partial charge on any atom is -0.333 e. The van der Waals surface area contributed by atoms with Gasteiger partial charge in [0.1, 0.15) is 0 Å². The van der Waals surface area contributed by atoms with Gasteiger partial charge in [-0.25, -0.2) is 0 Å². The molecule has 1 amide bonds. The van der Waals surface area contributed by atoms with Crippen molar-refractivity contribution in [2.24, 2.45) is 5.73 Å². The van der Waals surface area contributed by atoms with Gasteiger partial charge in [-0.3, -0.25) is 4.79 Å². The van der Waals surface area contributed by atoms with Crippen LogP contribution in [0.2, 0.25) is 0 Å². The van der Waals surface area contributed by atoms with Gasteiger partial charge in [0.15, 0.2) is 0 Å². The Morgan fingerprint density at radius 3 is 2.28 bits per heavy atom. The third kappa shape index (κ3) is 4.37. The summed E-state index contributed by atoms with van der Waals surface area (Å²) in [5.74, 6) is -1.83. The topological polar surface area (TPSA) is 46.3 Å². The van der Waals surface area contributed by atoms with E-state index in [0.29, 0.717) is 6.42 Å². The second kappa shape index (κ2) is 6.39. The van der Waals surface area contributed by atoms with Gasteiger partial charge in [-0.2, -0.15) is 13.2 Å². The van der Waals surface area contributed by atoms with Crippen molar-refractivity contribution in [3.05, 3.63) is 35.9 Å². The Labute approximate surface area is 103 Å². The van der Waals surface area contributed by atoms with Gasteiger partial charge in [-0.05, 0) is 12.0 Å². The van der Waals surface area contributed by atoms with Crippen molar-refractivity contribution >= 4 is 5.91 Å². The van der Waals surface area contributed by atoms with Crippen LogP contribution in [0.3, 0.4) is 0 Å². The molecule has 1 aromatic carbocycles. The van der Waals surface area contributed by atoms with Crippen LogP contribution in [0.25, 0.3) is 0 Å². The van der Waals surface area contributed by atoms with Gasteiger partial charge in [0.2, 0.25) is 0 Å². The van der Waals surface area contributed by atoms with E-state index in [-0.39, 0.29) is 19.6 Å². The van der Waals surface area contributed by atoms with Gasteiger partial charge in [0.05, 0.1) is 0 Å². The van der Waals surface area contributed by atoms with Crippen molar-refractivity contribution in [3.8, 4) is 0 Å². The lowest BCUT2D eigenvalue weighted by Crippen LogP contribution is -2.44. The molecule has 1 rings (SSSR count). The Bertz CT molecular complexity index is 379. The largest absolute Gasteiger partial charge is 0.471 e. The molecule has 18 heavy (non-hydrogen) atoms. The van der Waals surface area contributed by atoms with Crippen molar-refractivity contribution in [2.45, 2.75) is 12.6 Å². The maximum atomic E-state index is 12.3. The quantitative estimate of drug-likeness (QED) is 0.873. The van der Waals surface area contributed by atoms with Crippen LogP contribution in [0.1, 0.15) is 5.56 Å². The predicted octanol–water partition coefficient (Wildman–Crippen LogP) is 1.58. The molecule has 0 fully saturated rings. The molecule has 6 heteroatoms. The first-order valence-electron chi connectivity index (χ1n) is 5.55. The summed E-state index contributed by atoms with van der Waals surface area (Å²) in [7, 11) is 0. The molecule has 0 bridgehead atoms. The highest BCUT2D eigenvalue weighted by Crippen LogP contribution is 2.18. The molecule has 0 aliphatic rings. The zero-order valence-corrected chi connectivity index (χ0v) is 9.78. The maximum Gasteiger partial charge on any atom is 0.471 e. The summed E-state index contributed by atoms with van der Waals surface area (Å²) in [6.45, 7) is -0.0681. The number of alkyl halides is 3. The molecule has 0 atom stereocenters. The summed E-state index contributed by atoms with van der Waals surface area (Å²) in [5.41, 5.74) is 6.10. The number of hydrogen-bond donors (Lipinski definition) is 1. The lowest BCUT2D eigenvalue weighted by atomic mass is 10.1. The number of carbonyl (C=O) groups excluding carboxylic acids is 1. The Morgan fingerprint density at radius 1 is 1.17 bits per heavy atom. The van der Waals surface area contributed by atoms with E-state index in [9.17, 15) is 18.0 Å². The van der Waals surface area contributed by atoms with Crippen LogP contribution in [-0.2, 0) is 11.2 Å². The smallest absolute Gasteiger partial charge is 0.333 e. The monoisotopic (exact) mass is 260 g/mol. The molecular weight excluding hydrogens is 245 g/mol. The third-order valence-corrected chi connectivity index (χ3v) is 2.44. The fraction of sp³-hybridized carbons (Fsp3) is 0.417. The lowest BCUT2D eigenvalue weighted by molar-refractivity contribution is -0.185. The minimum atomic E-state index is -4.84. The molecule has 0 unspecified atom stereocenters. The Kier molecular flexibility index (Phi) is 5.15. The molecule has 0 aliphatic heterocycles. The normalized spacial score (nSPS) is 11.3. The van der Waals surface area contributed by atoms with E-state index in [2.05, 4.69) is 0 Å². The van der Waals surface area contributed by atoms with Crippen LogP contribution in [0, 0.1) is 0 Å². The van der Waals surface area contributed by atoms with Gasteiger partial charge >= 0.3 is 12.1 Å². The molecule has 0 aromatic heterocycles. The molecule has 2 N–H and O–H groups in total. The third-order valence-electron chi connectivity index (χ3n) is 2.44. The number of hydrogen-bond acceptors (Lipinski definition) is 2. The summed E-state index contributed by atoms with van der Waals surface area (Å²) in [5, 5.41) is 0. The number of carbonyl (C=O) groups is 1. The van der Waals surface area contributed by atoms with E-state index in [0.717, 1.165) is 10.5 Å². The van der Waals surface area contributed by atoms with Crippen molar-refractivity contribution in [2.75, 3.05) is 19.6 Å². The number of rotatable bonds is 5. The van der Waals surface area contributed by atoms with E-state index in [1.165, 1.54) is 0 Å². The van der Waals surface area contributed by atoms with E-state index in [1.807, 2.05) is 6.07 Å². The first-order valence-corrected chi connectivity index (χ1v) is 5.55. The second-order valence-electron chi connectivity index (χ2n) is 3.81. The molecule has 0 saturated carbocycles. The highest BCUT2D eigenvalue weighted by Gasteiger charge is 2.41. The predicted molar refractivity (Wildman–Crippen MR) is 61.8 cm³/mol. The first kappa shape index (κ1) is 14.5. The van der Waals surface area contributed by atoms with Crippen LogP contribution in [0.15, 0.2) is 30.3 Å². The van der Waals surface area contributed by atoms with Gasteiger partial charge in [0.25, 0.3) is 0 Å². The zero-order chi connectivity index (χ0) is 13.6. The van der Waals surface area contributed by atoms with Gasteiger partial charge in [-0.1, -0.05) is 30.3 Å². The first-order chi connectivity index (χ1) is 8.45. The van der Waals surface area contributed by atoms with Crippen LogP contribution in [0.4, 0.5) is 13.2 Å². The molecule has 0 radical (unpaired) electrons. The van der Waals surface area contributed by atoms with Crippen molar-refractivity contribution < 1.29 is 18.0 Å². The van der Waals surface area contributed by atoms with Crippen LogP contribution < -0.4 is 5.73 Å². The van der Waals surface area contributed by atoms with Crippen molar-refractivity contribution in [1.82, 2.24) is 4.90 Å². The van der Waals surface area contributed by atoms with Gasteiger partial charge in [-0.15, -0.1) is 0 Å². The van der Waals surface area contributed by atoms with Gasteiger partial charge < -0.3 is 10.6 Å². The molecule has 100 valence electrons. The molecule has 0 aliphatic carbocycles. The summed E-state index contributed by atoms with van der Waals surface area (Å²) < 4.78 is 36.9. The summed E-state index contributed by atoms with van der Waals surface area (Å²) in [6.07, 6.45) is -4.46. The van der Waals surface area contributed by atoms with E-state index < -0.39 is 12.1 Å². The number of benzene rings is 1. The minimum absolute atomic E-state index is 0.0105. The Morgan fingerprint density at radius 2 is 1.78 bits per heavy atom. The fourth-order valence-electron chi connectivity index (χ4n) is 1.56. The van der Waals surface area contributed by atoms with E-state index in [4.69, 9.17) is 5.73 Å². The molecular formula is C12H15F3N2O. The Balaban J connectivity index is 2.61. The van der Waals surface area contributed by atoms with E-state index >= 15 is 0 Å². The summed E-state index contributed by atoms with van der Waals surface area (Å²) >= 11 is 0. The van der Waals surface area contributed by atoms with Crippen LogP contribution in [0.5, 0.6) is 0 Å². The van der Waals surface area contributed by atoms with Gasteiger partial charge in [0, 0.05) is 19.6 Å². The summed E-state index contributed by atoms with van der Waals surface area (Å²) in [6, 6.07) is 9.03. The number of amides is 1. The fourth-order valence-corrected chi connectivity index (χ4v) is 1.56. The maximum absolute atomic E-state index is 12.3. The van der Waals surface area contributed by atoms with Crippen molar-refractivity contribution in [3.63, 3.8) is 0 Å². The second-order valence-corrected chi connectivity index (χ2v) is 3.81. The SMILES string of the molecule is NCCN(CCc1ccccc1)C(=O)C(F)(F)F. The highest BCUT2D eigenvalue weighted by molar-refractivity contribution is 5.81. The average Bonchev–Trinajstić information content (AvgIpc) is 2.34. The average molecular weight is 260 g/mol. The number of nitrogens with zero attached hydrogens (tertiary/aromatic N) is 1. The molecule has 1 aromatic rings. The molecule has 3 nitrogen and oxygen atoms in total. The number of halogens is 3.